The highest BCUT2D eigenvalue weighted by molar-refractivity contribution is 7.15. The van der Waals surface area contributed by atoms with Crippen LogP contribution < -0.4 is 5.32 Å². The first-order valence-corrected chi connectivity index (χ1v) is 9.52. The van der Waals surface area contributed by atoms with Crippen molar-refractivity contribution >= 4 is 33.6 Å². The number of carbonyl (C=O) groups excluding carboxylic acids is 2. The molecule has 1 aromatic carbocycles. The van der Waals surface area contributed by atoms with Crippen LogP contribution in [0.3, 0.4) is 0 Å². The Morgan fingerprint density at radius 2 is 2.12 bits per heavy atom. The fraction of sp³-hybridized carbons (Fsp3) is 0.250. The van der Waals surface area contributed by atoms with Crippen LogP contribution in [-0.2, 0) is 9.59 Å². The number of imidazole rings is 1. The van der Waals surface area contributed by atoms with Gasteiger partial charge in [-0.25, -0.2) is 4.98 Å². The molecule has 3 aromatic rings. The number of benzene rings is 1. The molecule has 1 amide bonds. The minimum atomic E-state index is -0.202. The van der Waals surface area contributed by atoms with Crippen LogP contribution >= 0.6 is 11.3 Å². The van der Waals surface area contributed by atoms with E-state index in [0.29, 0.717) is 18.4 Å². The summed E-state index contributed by atoms with van der Waals surface area (Å²) in [6, 6.07) is 9.64. The Morgan fingerprint density at radius 1 is 1.31 bits per heavy atom. The van der Waals surface area contributed by atoms with Crippen molar-refractivity contribution in [2.45, 2.75) is 32.2 Å². The number of fused-ring (bicyclic) bond motifs is 1. The van der Waals surface area contributed by atoms with E-state index in [-0.39, 0.29) is 24.2 Å². The predicted molar refractivity (Wildman–Crippen MR) is 102 cm³/mol. The smallest absolute Gasteiger partial charge is 0.225 e. The van der Waals surface area contributed by atoms with Crippen LogP contribution in [0.15, 0.2) is 53.7 Å². The molecule has 5 nitrogen and oxygen atoms in total. The number of aromatic nitrogens is 2. The highest BCUT2D eigenvalue weighted by atomic mass is 32.1. The third kappa shape index (κ3) is 3.20. The third-order valence-corrected chi connectivity index (χ3v) is 5.47. The molecular formula is C20H19N3O2S. The number of allylic oxidation sites excluding steroid dienone is 1. The predicted octanol–water partition coefficient (Wildman–Crippen LogP) is 3.78. The first-order chi connectivity index (χ1) is 12.6. The van der Waals surface area contributed by atoms with Crippen molar-refractivity contribution in [2.24, 2.45) is 0 Å². The Morgan fingerprint density at radius 3 is 2.88 bits per heavy atom. The summed E-state index contributed by atoms with van der Waals surface area (Å²) in [4.78, 5) is 30.2. The third-order valence-electron chi connectivity index (χ3n) is 4.70. The van der Waals surface area contributed by atoms with Crippen LogP contribution in [0.4, 0.5) is 0 Å². The minimum absolute atomic E-state index is 0.0779. The Hall–Kier alpha value is -2.73. The Bertz CT molecular complexity index is 972. The van der Waals surface area contributed by atoms with Crippen LogP contribution in [0.2, 0.25) is 0 Å². The summed E-state index contributed by atoms with van der Waals surface area (Å²) >= 11 is 1.56. The molecule has 2 heterocycles. The summed E-state index contributed by atoms with van der Waals surface area (Å²) in [5.41, 5.74) is 3.50. The zero-order valence-corrected chi connectivity index (χ0v) is 15.3. The molecule has 0 fully saturated rings. The summed E-state index contributed by atoms with van der Waals surface area (Å²) in [6.45, 7) is 1.91. The maximum atomic E-state index is 12.5. The molecule has 1 aliphatic carbocycles. The van der Waals surface area contributed by atoms with Crippen molar-refractivity contribution in [1.29, 1.82) is 0 Å². The molecule has 0 spiro atoms. The van der Waals surface area contributed by atoms with Crippen LogP contribution in [0.1, 0.15) is 43.5 Å². The number of nitrogens with one attached hydrogen (secondary N) is 1. The quantitative estimate of drug-likeness (QED) is 0.748. The fourth-order valence-corrected chi connectivity index (χ4v) is 4.06. The summed E-state index contributed by atoms with van der Waals surface area (Å²) in [7, 11) is 0. The largest absolute Gasteiger partial charge is 0.348 e. The van der Waals surface area contributed by atoms with Gasteiger partial charge >= 0.3 is 0 Å². The molecule has 26 heavy (non-hydrogen) atoms. The topological polar surface area (TPSA) is 63.5 Å². The zero-order chi connectivity index (χ0) is 18.1. The lowest BCUT2D eigenvalue weighted by Crippen LogP contribution is -2.27. The summed E-state index contributed by atoms with van der Waals surface area (Å²) < 4.78 is 1.94. The van der Waals surface area contributed by atoms with Gasteiger partial charge in [0.15, 0.2) is 10.7 Å². The minimum Gasteiger partial charge on any atom is -0.348 e. The van der Waals surface area contributed by atoms with Crippen molar-refractivity contribution in [3.63, 3.8) is 0 Å². The second-order valence-corrected chi connectivity index (χ2v) is 7.34. The van der Waals surface area contributed by atoms with Crippen LogP contribution in [0.25, 0.3) is 10.5 Å². The number of thiazole rings is 1. The van der Waals surface area contributed by atoms with Crippen molar-refractivity contribution in [1.82, 2.24) is 14.7 Å². The number of ketones is 1. The second kappa shape index (κ2) is 6.88. The lowest BCUT2D eigenvalue weighted by atomic mass is 10.00. The molecule has 6 heteroatoms. The Balaban J connectivity index is 1.49. The maximum Gasteiger partial charge on any atom is 0.225 e. The van der Waals surface area contributed by atoms with Crippen molar-refractivity contribution in [3.05, 3.63) is 64.9 Å². The van der Waals surface area contributed by atoms with Crippen LogP contribution in [0.5, 0.6) is 0 Å². The summed E-state index contributed by atoms with van der Waals surface area (Å²) in [5, 5.41) is 4.94. The van der Waals surface area contributed by atoms with E-state index in [2.05, 4.69) is 10.3 Å². The number of carbonyl (C=O) groups is 2. The molecule has 0 saturated carbocycles. The van der Waals surface area contributed by atoms with Gasteiger partial charge < -0.3 is 5.32 Å². The molecular weight excluding hydrogens is 346 g/mol. The molecule has 1 unspecified atom stereocenters. The Kier molecular flexibility index (Phi) is 4.42. The molecule has 0 bridgehead atoms. The molecule has 0 aliphatic heterocycles. The SMILES string of the molecule is CC(NC(=O)CC1=C(c2ccccc2)CCC1=O)c1cn2ccsc2n1. The highest BCUT2D eigenvalue weighted by Gasteiger charge is 2.26. The molecule has 4 rings (SSSR count). The van der Waals surface area contributed by atoms with Gasteiger partial charge in [0, 0.05) is 29.8 Å². The zero-order valence-electron chi connectivity index (χ0n) is 14.4. The molecule has 1 aliphatic rings. The van der Waals surface area contributed by atoms with Gasteiger partial charge in [0.25, 0.3) is 0 Å². The van der Waals surface area contributed by atoms with Crippen LogP contribution in [0, 0.1) is 0 Å². The lowest BCUT2D eigenvalue weighted by molar-refractivity contribution is -0.122. The number of Topliss-reactive ketones (excluding diaryl/α,β-unsaturated/α-hetero) is 1. The van der Waals surface area contributed by atoms with Crippen molar-refractivity contribution in [2.75, 3.05) is 0 Å². The summed E-state index contributed by atoms with van der Waals surface area (Å²) in [6.07, 6.45) is 5.18. The average Bonchev–Trinajstić information content (AvgIpc) is 3.31. The van der Waals surface area contributed by atoms with Crippen LogP contribution in [-0.4, -0.2) is 21.1 Å². The van der Waals surface area contributed by atoms with E-state index < -0.39 is 0 Å². The first-order valence-electron chi connectivity index (χ1n) is 8.64. The number of hydrogen-bond acceptors (Lipinski definition) is 4. The van der Waals surface area contributed by atoms with E-state index in [1.165, 1.54) is 0 Å². The molecule has 132 valence electrons. The van der Waals surface area contributed by atoms with E-state index in [0.717, 1.165) is 21.8 Å². The molecule has 0 radical (unpaired) electrons. The van der Waals surface area contributed by atoms with Gasteiger partial charge in [-0.1, -0.05) is 30.3 Å². The van der Waals surface area contributed by atoms with Gasteiger partial charge in [-0.05, 0) is 24.5 Å². The van der Waals surface area contributed by atoms with E-state index in [1.54, 1.807) is 11.3 Å². The number of nitrogens with zero attached hydrogens (tertiary/aromatic N) is 2. The highest BCUT2D eigenvalue weighted by Crippen LogP contribution is 2.33. The summed E-state index contributed by atoms with van der Waals surface area (Å²) in [5.74, 6) is -0.0679. The van der Waals surface area contributed by atoms with Gasteiger partial charge in [-0.3, -0.25) is 14.0 Å². The molecule has 1 N–H and O–H groups in total. The fourth-order valence-electron chi connectivity index (χ4n) is 3.35. The van der Waals surface area contributed by atoms with E-state index in [4.69, 9.17) is 0 Å². The second-order valence-electron chi connectivity index (χ2n) is 6.47. The normalized spacial score (nSPS) is 15.7. The van der Waals surface area contributed by atoms with E-state index in [9.17, 15) is 9.59 Å². The number of hydrogen-bond donors (Lipinski definition) is 1. The van der Waals surface area contributed by atoms with Gasteiger partial charge in [-0.15, -0.1) is 11.3 Å². The van der Waals surface area contributed by atoms with Gasteiger partial charge in [-0.2, -0.15) is 0 Å². The van der Waals surface area contributed by atoms with Gasteiger partial charge in [0.2, 0.25) is 5.91 Å². The van der Waals surface area contributed by atoms with E-state index in [1.807, 2.05) is 59.4 Å². The maximum absolute atomic E-state index is 12.5. The van der Waals surface area contributed by atoms with Crippen molar-refractivity contribution in [3.8, 4) is 0 Å². The standard InChI is InChI=1S/C20H19N3O2S/c1-13(17-12-23-9-10-26-20(23)22-17)21-19(25)11-16-15(7-8-18(16)24)14-5-3-2-4-6-14/h2-6,9-10,12-13H,7-8,11H2,1H3,(H,21,25). The molecule has 0 saturated heterocycles. The monoisotopic (exact) mass is 365 g/mol. The molecule has 2 aromatic heterocycles. The lowest BCUT2D eigenvalue weighted by Gasteiger charge is -2.12. The number of rotatable bonds is 5. The molecule has 1 atom stereocenters. The van der Waals surface area contributed by atoms with Crippen molar-refractivity contribution < 1.29 is 9.59 Å². The number of amides is 1. The Labute approximate surface area is 155 Å². The van der Waals surface area contributed by atoms with E-state index >= 15 is 0 Å². The van der Waals surface area contributed by atoms with Gasteiger partial charge in [0.05, 0.1) is 18.2 Å². The average molecular weight is 365 g/mol. The van der Waals surface area contributed by atoms with Gasteiger partial charge in [0.1, 0.15) is 0 Å². The first kappa shape index (κ1) is 16.7.